The number of ether oxygens (including phenoxy) is 2. The van der Waals surface area contributed by atoms with Gasteiger partial charge in [-0.3, -0.25) is 4.79 Å². The molecule has 0 radical (unpaired) electrons. The van der Waals surface area contributed by atoms with Crippen LogP contribution in [0, 0.1) is 0 Å². The third-order valence-electron chi connectivity index (χ3n) is 7.22. The van der Waals surface area contributed by atoms with Crippen molar-refractivity contribution >= 4 is 34.7 Å². The number of carbonyl (C=O) groups excluding carboxylic acids is 3. The summed E-state index contributed by atoms with van der Waals surface area (Å²) in [6.45, 7) is 6.69. The molecule has 0 N–H and O–H groups in total. The molecule has 0 saturated carbocycles. The molecule has 0 atom stereocenters. The van der Waals surface area contributed by atoms with Crippen LogP contribution in [0.3, 0.4) is 0 Å². The number of rotatable bonds is 18. The molecule has 220 valence electrons. The van der Waals surface area contributed by atoms with Gasteiger partial charge in [-0.05, 0) is 49.6 Å². The fourth-order valence-corrected chi connectivity index (χ4v) is 5.22. The maximum Gasteiger partial charge on any atom is 0.355 e. The van der Waals surface area contributed by atoms with Crippen LogP contribution in [-0.2, 0) is 20.8 Å². The summed E-state index contributed by atoms with van der Waals surface area (Å²) in [6, 6.07) is 15.4. The number of benzene rings is 2. The molecule has 6 nitrogen and oxygen atoms in total. The molecule has 0 aliphatic rings. The maximum atomic E-state index is 13.6. The van der Waals surface area contributed by atoms with Crippen molar-refractivity contribution < 1.29 is 23.9 Å². The molecule has 0 bridgehead atoms. The normalized spacial score (nSPS) is 11.3. The number of hydrogen-bond donors (Lipinski definition) is 0. The zero-order valence-electron chi connectivity index (χ0n) is 25.0. The van der Waals surface area contributed by atoms with E-state index in [0.29, 0.717) is 30.8 Å². The molecule has 0 aliphatic carbocycles. The van der Waals surface area contributed by atoms with Gasteiger partial charge in [-0.1, -0.05) is 94.7 Å². The summed E-state index contributed by atoms with van der Waals surface area (Å²) in [5.74, 6) is -0.899. The molecule has 41 heavy (non-hydrogen) atoms. The van der Waals surface area contributed by atoms with Crippen molar-refractivity contribution in [1.29, 1.82) is 0 Å². The van der Waals surface area contributed by atoms with Gasteiger partial charge in [-0.15, -0.1) is 0 Å². The molecule has 2 aromatic carbocycles. The number of esters is 2. The molecule has 3 aromatic rings. The minimum absolute atomic E-state index is 0.0166. The first-order valence-corrected chi connectivity index (χ1v) is 15.2. The zero-order chi connectivity index (χ0) is 29.5. The summed E-state index contributed by atoms with van der Waals surface area (Å²) in [7, 11) is 0. The Morgan fingerprint density at radius 3 is 2.17 bits per heavy atom. The molecule has 0 aliphatic heterocycles. The number of aromatic nitrogens is 1. The van der Waals surface area contributed by atoms with Crippen molar-refractivity contribution in [3.05, 3.63) is 77.0 Å². The molecular weight excluding hydrogens is 514 g/mol. The van der Waals surface area contributed by atoms with Crippen molar-refractivity contribution in [3.8, 4) is 0 Å². The Hall–Kier alpha value is -3.67. The Morgan fingerprint density at radius 1 is 0.780 bits per heavy atom. The van der Waals surface area contributed by atoms with E-state index in [1.165, 1.54) is 44.6 Å². The molecular formula is C35H45NO5. The molecule has 0 spiro atoms. The lowest BCUT2D eigenvalue weighted by atomic mass is 10.00. The minimum atomic E-state index is -0.488. The van der Waals surface area contributed by atoms with Crippen LogP contribution in [0.15, 0.2) is 54.6 Å². The van der Waals surface area contributed by atoms with Crippen LogP contribution in [0.1, 0.15) is 117 Å². The van der Waals surface area contributed by atoms with Crippen molar-refractivity contribution in [2.75, 3.05) is 13.2 Å². The van der Waals surface area contributed by atoms with Gasteiger partial charge in [0, 0.05) is 29.9 Å². The first-order valence-electron chi connectivity index (χ1n) is 15.2. The van der Waals surface area contributed by atoms with Gasteiger partial charge in [-0.25, -0.2) is 9.59 Å². The number of unbranched alkanes of at least 4 members (excludes halogenated alkanes) is 8. The second-order valence-corrected chi connectivity index (χ2v) is 10.4. The second kappa shape index (κ2) is 17.2. The van der Waals surface area contributed by atoms with Crippen molar-refractivity contribution in [2.45, 2.75) is 91.5 Å². The van der Waals surface area contributed by atoms with Crippen LogP contribution in [-0.4, -0.2) is 35.5 Å². The number of carbonyl (C=O) groups is 3. The lowest BCUT2D eigenvalue weighted by Crippen LogP contribution is -2.17. The summed E-state index contributed by atoms with van der Waals surface area (Å²) in [6.07, 6.45) is 14.1. The van der Waals surface area contributed by atoms with Crippen LogP contribution in [0.25, 0.3) is 17.0 Å². The van der Waals surface area contributed by atoms with Gasteiger partial charge in [0.25, 0.3) is 0 Å². The van der Waals surface area contributed by atoms with Crippen molar-refractivity contribution in [2.24, 2.45) is 0 Å². The van der Waals surface area contributed by atoms with Gasteiger partial charge in [0.2, 0.25) is 0 Å². The quantitative estimate of drug-likeness (QED) is 0.0675. The summed E-state index contributed by atoms with van der Waals surface area (Å²) < 4.78 is 12.3. The van der Waals surface area contributed by atoms with E-state index in [1.54, 1.807) is 19.9 Å². The highest BCUT2D eigenvalue weighted by Gasteiger charge is 2.27. The van der Waals surface area contributed by atoms with Crippen LogP contribution in [0.2, 0.25) is 0 Å². The number of Topliss-reactive ketones (excluding diaryl/α,β-unsaturated/α-hetero) is 1. The van der Waals surface area contributed by atoms with Gasteiger partial charge in [0.1, 0.15) is 5.69 Å². The van der Waals surface area contributed by atoms with Gasteiger partial charge in [0.05, 0.1) is 18.8 Å². The molecule has 1 aromatic heterocycles. The summed E-state index contributed by atoms with van der Waals surface area (Å²) >= 11 is 0. The molecule has 0 saturated heterocycles. The van der Waals surface area contributed by atoms with Gasteiger partial charge in [-0.2, -0.15) is 0 Å². The van der Waals surface area contributed by atoms with E-state index in [-0.39, 0.29) is 12.4 Å². The van der Waals surface area contributed by atoms with Crippen LogP contribution in [0.4, 0.5) is 0 Å². The smallest absolute Gasteiger partial charge is 0.355 e. The monoisotopic (exact) mass is 559 g/mol. The van der Waals surface area contributed by atoms with Crippen LogP contribution >= 0.6 is 0 Å². The topological polar surface area (TPSA) is 74.6 Å². The van der Waals surface area contributed by atoms with Gasteiger partial charge >= 0.3 is 11.9 Å². The lowest BCUT2D eigenvalue weighted by Gasteiger charge is -2.12. The maximum absolute atomic E-state index is 13.6. The molecule has 3 rings (SSSR count). The van der Waals surface area contributed by atoms with E-state index in [1.807, 2.05) is 53.1 Å². The van der Waals surface area contributed by atoms with Crippen LogP contribution in [0.5, 0.6) is 0 Å². The highest BCUT2D eigenvalue weighted by atomic mass is 16.5. The number of hydrogen-bond acceptors (Lipinski definition) is 5. The predicted octanol–water partition coefficient (Wildman–Crippen LogP) is 8.55. The van der Waals surface area contributed by atoms with E-state index in [2.05, 4.69) is 6.92 Å². The van der Waals surface area contributed by atoms with E-state index in [0.717, 1.165) is 41.3 Å². The minimum Gasteiger partial charge on any atom is -0.463 e. The fourth-order valence-electron chi connectivity index (χ4n) is 5.22. The third-order valence-corrected chi connectivity index (χ3v) is 7.22. The van der Waals surface area contributed by atoms with E-state index in [9.17, 15) is 14.4 Å². The number of nitrogens with zero attached hydrogens (tertiary/aromatic N) is 1. The Balaban J connectivity index is 1.83. The molecule has 0 amide bonds. The fraction of sp³-hybridized carbons (Fsp3) is 0.457. The standard InChI is InChI=1S/C35H45NO5/c1-4-7-8-9-10-11-12-13-14-22-31(37)33-29-20-15-16-21-30(29)36(34(33)35(39)41-6-3)26-28-19-17-18-27(25-28)23-24-32(38)40-5-2/h15-21,23-25H,4-14,22,26H2,1-3H3/b24-23+. The highest BCUT2D eigenvalue weighted by molar-refractivity contribution is 6.15. The van der Waals surface area contributed by atoms with E-state index in [4.69, 9.17) is 9.47 Å². The average Bonchev–Trinajstić information content (AvgIpc) is 3.30. The molecule has 6 heteroatoms. The van der Waals surface area contributed by atoms with Gasteiger partial charge in [0.15, 0.2) is 5.78 Å². The number of para-hydroxylation sites is 1. The Kier molecular flexibility index (Phi) is 13.4. The largest absolute Gasteiger partial charge is 0.463 e. The first kappa shape index (κ1) is 31.9. The highest BCUT2D eigenvalue weighted by Crippen LogP contribution is 2.30. The SMILES string of the molecule is CCCCCCCCCCCC(=O)c1c(C(=O)OCC)n(Cc2cccc(/C=C/C(=O)OCC)c2)c2ccccc12. The van der Waals surface area contributed by atoms with Crippen molar-refractivity contribution in [1.82, 2.24) is 4.57 Å². The molecule has 0 fully saturated rings. The number of fused-ring (bicyclic) bond motifs is 1. The predicted molar refractivity (Wildman–Crippen MR) is 165 cm³/mol. The van der Waals surface area contributed by atoms with E-state index >= 15 is 0 Å². The molecule has 1 heterocycles. The summed E-state index contributed by atoms with van der Waals surface area (Å²) in [4.78, 5) is 38.7. The summed E-state index contributed by atoms with van der Waals surface area (Å²) in [5, 5.41) is 0.773. The molecule has 0 unspecified atom stereocenters. The Bertz CT molecular complexity index is 1320. The zero-order valence-corrected chi connectivity index (χ0v) is 25.0. The third kappa shape index (κ3) is 9.44. The van der Waals surface area contributed by atoms with Crippen LogP contribution < -0.4 is 0 Å². The van der Waals surface area contributed by atoms with Crippen molar-refractivity contribution in [3.63, 3.8) is 0 Å². The Morgan fingerprint density at radius 2 is 1.46 bits per heavy atom. The lowest BCUT2D eigenvalue weighted by molar-refractivity contribution is -0.137. The number of ketones is 1. The van der Waals surface area contributed by atoms with E-state index < -0.39 is 11.9 Å². The second-order valence-electron chi connectivity index (χ2n) is 10.4. The average molecular weight is 560 g/mol. The summed E-state index contributed by atoms with van der Waals surface area (Å²) in [5.41, 5.74) is 3.35. The first-order chi connectivity index (χ1) is 20.0. The van der Waals surface area contributed by atoms with Gasteiger partial charge < -0.3 is 14.0 Å². The Labute approximate surface area is 244 Å².